The van der Waals surface area contributed by atoms with Crippen molar-refractivity contribution in [2.45, 2.75) is 12.6 Å². The third kappa shape index (κ3) is 5.43. The van der Waals surface area contributed by atoms with Gasteiger partial charge >= 0.3 is 0 Å². The molecule has 172 valence electrons. The molecule has 0 spiro atoms. The molecule has 0 fully saturated rings. The van der Waals surface area contributed by atoms with Crippen LogP contribution in [0.25, 0.3) is 0 Å². The number of rotatable bonds is 7. The summed E-state index contributed by atoms with van der Waals surface area (Å²) >= 11 is 0. The van der Waals surface area contributed by atoms with Gasteiger partial charge in [0.15, 0.2) is 11.5 Å². The Morgan fingerprint density at radius 1 is 1.03 bits per heavy atom. The van der Waals surface area contributed by atoms with Gasteiger partial charge in [0.1, 0.15) is 18.5 Å². The topological polar surface area (TPSA) is 84.9 Å². The predicted octanol–water partition coefficient (Wildman–Crippen LogP) is 3.36. The van der Waals surface area contributed by atoms with E-state index in [2.05, 4.69) is 5.32 Å². The SMILES string of the molecule is CS(=O)(=O)N(Cc1ccc(C(=O)NC[C@H]2COc3ccccc3O2)cc1)c1ccccc1F. The fourth-order valence-corrected chi connectivity index (χ4v) is 4.32. The molecule has 0 radical (unpaired) electrons. The van der Waals surface area contributed by atoms with Crippen LogP contribution in [0.1, 0.15) is 15.9 Å². The van der Waals surface area contributed by atoms with Crippen LogP contribution in [0, 0.1) is 5.82 Å². The van der Waals surface area contributed by atoms with Crippen molar-refractivity contribution in [2.75, 3.05) is 23.7 Å². The highest BCUT2D eigenvalue weighted by molar-refractivity contribution is 7.92. The second kappa shape index (κ2) is 9.50. The number of amides is 1. The number of carbonyl (C=O) groups excluding carboxylic acids is 1. The van der Waals surface area contributed by atoms with Gasteiger partial charge in [0.2, 0.25) is 10.0 Å². The molecule has 0 unspecified atom stereocenters. The minimum atomic E-state index is -3.72. The average Bonchev–Trinajstić information content (AvgIpc) is 2.81. The van der Waals surface area contributed by atoms with Crippen LogP contribution in [0.2, 0.25) is 0 Å². The van der Waals surface area contributed by atoms with E-state index in [1.54, 1.807) is 30.3 Å². The van der Waals surface area contributed by atoms with Gasteiger partial charge < -0.3 is 14.8 Å². The van der Waals surface area contributed by atoms with Crippen LogP contribution in [0.4, 0.5) is 10.1 Å². The van der Waals surface area contributed by atoms with Crippen molar-refractivity contribution in [1.82, 2.24) is 5.32 Å². The Balaban J connectivity index is 1.38. The van der Waals surface area contributed by atoms with E-state index in [4.69, 9.17) is 9.47 Å². The number of para-hydroxylation sites is 3. The number of anilines is 1. The van der Waals surface area contributed by atoms with Crippen LogP contribution in [0.5, 0.6) is 11.5 Å². The zero-order chi connectivity index (χ0) is 23.4. The van der Waals surface area contributed by atoms with Gasteiger partial charge in [-0.1, -0.05) is 36.4 Å². The third-order valence-corrected chi connectivity index (χ3v) is 6.25. The lowest BCUT2D eigenvalue weighted by atomic mass is 10.1. The van der Waals surface area contributed by atoms with E-state index in [-0.39, 0.29) is 30.8 Å². The maximum Gasteiger partial charge on any atom is 0.251 e. The molecule has 9 heteroatoms. The Labute approximate surface area is 191 Å². The molecule has 0 aromatic heterocycles. The summed E-state index contributed by atoms with van der Waals surface area (Å²) in [4.78, 5) is 12.5. The van der Waals surface area contributed by atoms with E-state index in [0.29, 0.717) is 29.2 Å². The number of benzene rings is 3. The van der Waals surface area contributed by atoms with Crippen molar-refractivity contribution in [3.63, 3.8) is 0 Å². The summed E-state index contributed by atoms with van der Waals surface area (Å²) in [6.07, 6.45) is 0.712. The van der Waals surface area contributed by atoms with Gasteiger partial charge in [-0.25, -0.2) is 12.8 Å². The molecule has 1 atom stereocenters. The van der Waals surface area contributed by atoms with Gasteiger partial charge in [-0.15, -0.1) is 0 Å². The minimum Gasteiger partial charge on any atom is -0.486 e. The average molecular weight is 471 g/mol. The first-order chi connectivity index (χ1) is 15.8. The van der Waals surface area contributed by atoms with Gasteiger partial charge in [0.05, 0.1) is 25.0 Å². The Hall–Kier alpha value is -3.59. The molecule has 1 aliphatic heterocycles. The molecular weight excluding hydrogens is 447 g/mol. The molecule has 3 aromatic rings. The first kappa shape index (κ1) is 22.6. The molecule has 0 saturated carbocycles. The molecule has 7 nitrogen and oxygen atoms in total. The van der Waals surface area contributed by atoms with E-state index in [1.807, 2.05) is 24.3 Å². The molecule has 1 aliphatic rings. The maximum atomic E-state index is 14.2. The Morgan fingerprint density at radius 3 is 2.39 bits per heavy atom. The van der Waals surface area contributed by atoms with Crippen molar-refractivity contribution >= 4 is 21.6 Å². The van der Waals surface area contributed by atoms with E-state index in [9.17, 15) is 17.6 Å². The first-order valence-electron chi connectivity index (χ1n) is 10.3. The van der Waals surface area contributed by atoms with Gasteiger partial charge in [-0.2, -0.15) is 0 Å². The monoisotopic (exact) mass is 470 g/mol. The van der Waals surface area contributed by atoms with Crippen LogP contribution >= 0.6 is 0 Å². The highest BCUT2D eigenvalue weighted by atomic mass is 32.2. The lowest BCUT2D eigenvalue weighted by molar-refractivity contribution is 0.0789. The van der Waals surface area contributed by atoms with Gasteiger partial charge in [0.25, 0.3) is 5.91 Å². The number of halogens is 1. The third-order valence-electron chi connectivity index (χ3n) is 5.12. The number of hydrogen-bond acceptors (Lipinski definition) is 5. The lowest BCUT2D eigenvalue weighted by Crippen LogP contribution is -2.40. The quantitative estimate of drug-likeness (QED) is 0.573. The Morgan fingerprint density at radius 2 is 1.70 bits per heavy atom. The van der Waals surface area contributed by atoms with Crippen molar-refractivity contribution in [1.29, 1.82) is 0 Å². The summed E-state index contributed by atoms with van der Waals surface area (Å²) in [5, 5.41) is 2.82. The lowest BCUT2D eigenvalue weighted by Gasteiger charge is -2.26. The highest BCUT2D eigenvalue weighted by Crippen LogP contribution is 2.30. The summed E-state index contributed by atoms with van der Waals surface area (Å²) < 4.78 is 51.2. The number of hydrogen-bond donors (Lipinski definition) is 1. The van der Waals surface area contributed by atoms with Gasteiger partial charge in [0, 0.05) is 5.56 Å². The molecule has 33 heavy (non-hydrogen) atoms. The number of sulfonamides is 1. The fraction of sp³-hybridized carbons (Fsp3) is 0.208. The molecule has 1 heterocycles. The summed E-state index contributed by atoms with van der Waals surface area (Å²) in [6.45, 7) is 0.534. The van der Waals surface area contributed by atoms with E-state index >= 15 is 0 Å². The number of ether oxygens (including phenoxy) is 2. The summed E-state index contributed by atoms with van der Waals surface area (Å²) in [6, 6.07) is 19.5. The molecule has 1 amide bonds. The van der Waals surface area contributed by atoms with E-state index in [0.717, 1.165) is 10.6 Å². The number of nitrogens with zero attached hydrogens (tertiary/aromatic N) is 1. The van der Waals surface area contributed by atoms with E-state index in [1.165, 1.54) is 18.2 Å². The standard InChI is InChI=1S/C24H23FN2O5S/c1-33(29,30)27(21-7-3-2-6-20(21)25)15-17-10-12-18(13-11-17)24(28)26-14-19-16-31-22-8-4-5-9-23(22)32-19/h2-13,19H,14-16H2,1H3,(H,26,28)/t19-/m0/s1. The van der Waals surface area contributed by atoms with Crippen molar-refractivity contribution in [2.24, 2.45) is 0 Å². The Kier molecular flexibility index (Phi) is 6.50. The minimum absolute atomic E-state index is 0.0295. The van der Waals surface area contributed by atoms with Crippen LogP contribution in [-0.4, -0.2) is 39.8 Å². The normalized spacial score (nSPS) is 15.0. The smallest absolute Gasteiger partial charge is 0.251 e. The molecule has 0 bridgehead atoms. The summed E-state index contributed by atoms with van der Waals surface area (Å²) in [5.41, 5.74) is 0.992. The van der Waals surface area contributed by atoms with Crippen LogP contribution in [-0.2, 0) is 16.6 Å². The van der Waals surface area contributed by atoms with Crippen LogP contribution in [0.15, 0.2) is 72.8 Å². The molecule has 4 rings (SSSR count). The zero-order valence-corrected chi connectivity index (χ0v) is 18.7. The molecule has 1 N–H and O–H groups in total. The van der Waals surface area contributed by atoms with E-state index < -0.39 is 15.8 Å². The van der Waals surface area contributed by atoms with Crippen molar-refractivity contribution in [3.05, 3.63) is 89.7 Å². The van der Waals surface area contributed by atoms with Gasteiger partial charge in [-0.3, -0.25) is 9.10 Å². The predicted molar refractivity (Wildman–Crippen MR) is 123 cm³/mol. The molecule has 0 saturated heterocycles. The second-order valence-electron chi connectivity index (χ2n) is 7.63. The molecular formula is C24H23FN2O5S. The molecule has 3 aromatic carbocycles. The maximum absolute atomic E-state index is 14.2. The summed E-state index contributed by atoms with van der Waals surface area (Å²) in [5.74, 6) is 0.389. The molecule has 0 aliphatic carbocycles. The van der Waals surface area contributed by atoms with Gasteiger partial charge in [-0.05, 0) is 42.0 Å². The number of fused-ring (bicyclic) bond motifs is 1. The first-order valence-corrected chi connectivity index (χ1v) is 12.1. The number of nitrogens with one attached hydrogen (secondary N) is 1. The van der Waals surface area contributed by atoms with Crippen LogP contribution in [0.3, 0.4) is 0 Å². The van der Waals surface area contributed by atoms with Crippen molar-refractivity contribution in [3.8, 4) is 11.5 Å². The largest absolute Gasteiger partial charge is 0.486 e. The zero-order valence-electron chi connectivity index (χ0n) is 17.9. The van der Waals surface area contributed by atoms with Crippen molar-refractivity contribution < 1.29 is 27.1 Å². The van der Waals surface area contributed by atoms with Crippen LogP contribution < -0.4 is 19.1 Å². The fourth-order valence-electron chi connectivity index (χ4n) is 3.43. The number of carbonyl (C=O) groups is 1. The summed E-state index contributed by atoms with van der Waals surface area (Å²) in [7, 11) is -3.72. The Bertz CT molecular complexity index is 1250. The second-order valence-corrected chi connectivity index (χ2v) is 9.53. The highest BCUT2D eigenvalue weighted by Gasteiger charge is 2.22.